The van der Waals surface area contributed by atoms with Crippen LogP contribution in [0.3, 0.4) is 0 Å². The number of anilines is 1. The third-order valence-electron chi connectivity index (χ3n) is 5.68. The second-order valence-corrected chi connectivity index (χ2v) is 7.79. The van der Waals surface area contributed by atoms with Crippen molar-refractivity contribution < 1.29 is 14.7 Å². The summed E-state index contributed by atoms with van der Waals surface area (Å²) in [7, 11) is 0. The van der Waals surface area contributed by atoms with Gasteiger partial charge in [0.25, 0.3) is 0 Å². The highest BCUT2D eigenvalue weighted by Crippen LogP contribution is 2.36. The number of amides is 1. The summed E-state index contributed by atoms with van der Waals surface area (Å²) < 4.78 is 0. The van der Waals surface area contributed by atoms with Gasteiger partial charge in [0.15, 0.2) is 0 Å². The van der Waals surface area contributed by atoms with Crippen LogP contribution in [0.1, 0.15) is 47.6 Å². The van der Waals surface area contributed by atoms with Crippen molar-refractivity contribution in [3.8, 4) is 0 Å². The van der Waals surface area contributed by atoms with E-state index in [0.717, 1.165) is 52.4 Å². The summed E-state index contributed by atoms with van der Waals surface area (Å²) in [4.78, 5) is 22.6. The third kappa shape index (κ3) is 4.70. The number of fused-ring (bicyclic) bond motifs is 1. The van der Waals surface area contributed by atoms with E-state index >= 15 is 0 Å². The van der Waals surface area contributed by atoms with Gasteiger partial charge >= 0.3 is 5.97 Å². The Labute approximate surface area is 187 Å². The van der Waals surface area contributed by atoms with Gasteiger partial charge in [0.2, 0.25) is 5.91 Å². The zero-order valence-corrected chi connectivity index (χ0v) is 18.0. The fourth-order valence-electron chi connectivity index (χ4n) is 4.15. The molecule has 0 saturated heterocycles. The molecule has 3 aromatic rings. The van der Waals surface area contributed by atoms with Crippen molar-refractivity contribution in [1.82, 2.24) is 0 Å². The van der Waals surface area contributed by atoms with E-state index < -0.39 is 5.97 Å². The Hall–Kier alpha value is -3.92. The van der Waals surface area contributed by atoms with Crippen LogP contribution >= 0.6 is 0 Å². The second kappa shape index (κ2) is 9.48. The van der Waals surface area contributed by atoms with Crippen molar-refractivity contribution in [2.24, 2.45) is 0 Å². The van der Waals surface area contributed by atoms with Crippen molar-refractivity contribution >= 4 is 34.8 Å². The predicted octanol–water partition coefficient (Wildman–Crippen LogP) is 6.04. The van der Waals surface area contributed by atoms with Crippen LogP contribution < -0.4 is 5.32 Å². The number of hydrogen-bond donors (Lipinski definition) is 2. The molecular weight excluding hydrogens is 398 g/mol. The van der Waals surface area contributed by atoms with Gasteiger partial charge in [-0.25, -0.2) is 4.79 Å². The molecule has 4 nitrogen and oxygen atoms in total. The van der Waals surface area contributed by atoms with Crippen molar-refractivity contribution in [1.29, 1.82) is 0 Å². The standard InChI is InChI=1S/C28H25NO3/c1-2-24(20-6-4-3-5-7-20)28(21-11-8-19(9-12-21)10-17-27(31)32)23-13-15-25-22(18-23)14-16-26(30)29-25/h3-13,15,17-18H,2,14,16H2,1H3,(H,29,30)(H,31,32)/b17-10+,28-24+. The molecule has 0 saturated carbocycles. The highest BCUT2D eigenvalue weighted by Gasteiger charge is 2.18. The lowest BCUT2D eigenvalue weighted by molar-refractivity contribution is -0.131. The lowest BCUT2D eigenvalue weighted by Crippen LogP contribution is -2.19. The van der Waals surface area contributed by atoms with E-state index in [1.54, 1.807) is 6.08 Å². The van der Waals surface area contributed by atoms with Crippen LogP contribution in [0.2, 0.25) is 0 Å². The molecule has 1 amide bonds. The molecule has 3 aromatic carbocycles. The first-order valence-electron chi connectivity index (χ1n) is 10.8. The SMILES string of the molecule is CC/C(=C(/c1ccc(/C=C/C(=O)O)cc1)c1ccc2c(c1)CCC(=O)N2)c1ccccc1. The van der Waals surface area contributed by atoms with Gasteiger partial charge in [-0.05, 0) is 70.0 Å². The van der Waals surface area contributed by atoms with E-state index in [0.29, 0.717) is 6.42 Å². The Balaban J connectivity index is 1.86. The normalized spacial score (nSPS) is 14.0. The quantitative estimate of drug-likeness (QED) is 0.375. The molecular formula is C28H25NO3. The molecule has 0 aliphatic carbocycles. The second-order valence-electron chi connectivity index (χ2n) is 7.79. The molecule has 1 heterocycles. The first-order valence-corrected chi connectivity index (χ1v) is 10.8. The summed E-state index contributed by atoms with van der Waals surface area (Å²) >= 11 is 0. The molecule has 4 rings (SSSR count). The molecule has 0 radical (unpaired) electrons. The summed E-state index contributed by atoms with van der Waals surface area (Å²) in [6.45, 7) is 2.16. The molecule has 0 spiro atoms. The topological polar surface area (TPSA) is 66.4 Å². The summed E-state index contributed by atoms with van der Waals surface area (Å²) in [5.74, 6) is -0.905. The van der Waals surface area contributed by atoms with Crippen molar-refractivity contribution in [2.75, 3.05) is 5.32 Å². The van der Waals surface area contributed by atoms with Gasteiger partial charge in [0, 0.05) is 18.2 Å². The summed E-state index contributed by atoms with van der Waals surface area (Å²) in [5.41, 5.74) is 8.59. The van der Waals surface area contributed by atoms with E-state index in [2.05, 4.69) is 36.5 Å². The number of carboxylic acids is 1. The smallest absolute Gasteiger partial charge is 0.328 e. The minimum Gasteiger partial charge on any atom is -0.478 e. The molecule has 32 heavy (non-hydrogen) atoms. The number of carbonyl (C=O) groups is 2. The minimum absolute atomic E-state index is 0.0598. The number of aliphatic carboxylic acids is 1. The molecule has 0 bridgehead atoms. The van der Waals surface area contributed by atoms with Crippen LogP contribution in [-0.4, -0.2) is 17.0 Å². The number of aryl methyl sites for hydroxylation is 1. The lowest BCUT2D eigenvalue weighted by atomic mass is 9.86. The predicted molar refractivity (Wildman–Crippen MR) is 129 cm³/mol. The van der Waals surface area contributed by atoms with Gasteiger partial charge in [-0.3, -0.25) is 4.79 Å². The van der Waals surface area contributed by atoms with Crippen LogP contribution in [0.25, 0.3) is 17.2 Å². The Morgan fingerprint density at radius 1 is 0.938 bits per heavy atom. The number of rotatable bonds is 6. The molecule has 2 N–H and O–H groups in total. The Morgan fingerprint density at radius 3 is 2.34 bits per heavy atom. The first kappa shape index (κ1) is 21.3. The van der Waals surface area contributed by atoms with Crippen LogP contribution in [0, 0.1) is 0 Å². The molecule has 0 unspecified atom stereocenters. The van der Waals surface area contributed by atoms with Crippen LogP contribution in [0.15, 0.2) is 78.9 Å². The minimum atomic E-state index is -0.965. The molecule has 160 valence electrons. The summed E-state index contributed by atoms with van der Waals surface area (Å²) in [6, 6.07) is 24.5. The maximum absolute atomic E-state index is 11.8. The molecule has 0 fully saturated rings. The number of benzene rings is 3. The maximum Gasteiger partial charge on any atom is 0.328 e. The van der Waals surface area contributed by atoms with E-state index in [-0.39, 0.29) is 5.91 Å². The average molecular weight is 424 g/mol. The molecule has 0 aromatic heterocycles. The monoisotopic (exact) mass is 423 g/mol. The fraction of sp³-hybridized carbons (Fsp3) is 0.143. The largest absolute Gasteiger partial charge is 0.478 e. The average Bonchev–Trinajstić information content (AvgIpc) is 2.82. The Morgan fingerprint density at radius 2 is 1.66 bits per heavy atom. The zero-order chi connectivity index (χ0) is 22.5. The van der Waals surface area contributed by atoms with Crippen LogP contribution in [0.5, 0.6) is 0 Å². The van der Waals surface area contributed by atoms with Gasteiger partial charge in [0.05, 0.1) is 0 Å². The van der Waals surface area contributed by atoms with Crippen LogP contribution in [-0.2, 0) is 16.0 Å². The molecule has 0 atom stereocenters. The van der Waals surface area contributed by atoms with E-state index in [9.17, 15) is 9.59 Å². The van der Waals surface area contributed by atoms with Gasteiger partial charge < -0.3 is 10.4 Å². The summed E-state index contributed by atoms with van der Waals surface area (Å²) in [6.07, 6.45) is 4.82. The van der Waals surface area contributed by atoms with E-state index in [1.165, 1.54) is 11.1 Å². The highest BCUT2D eigenvalue weighted by atomic mass is 16.4. The van der Waals surface area contributed by atoms with Crippen LogP contribution in [0.4, 0.5) is 5.69 Å². The Kier molecular flexibility index (Phi) is 6.31. The van der Waals surface area contributed by atoms with Crippen molar-refractivity contribution in [3.63, 3.8) is 0 Å². The zero-order valence-electron chi connectivity index (χ0n) is 18.0. The molecule has 4 heteroatoms. The van der Waals surface area contributed by atoms with E-state index in [1.807, 2.05) is 48.5 Å². The maximum atomic E-state index is 11.8. The Bertz CT molecular complexity index is 1210. The van der Waals surface area contributed by atoms with Gasteiger partial charge in [-0.1, -0.05) is 67.6 Å². The molecule has 1 aliphatic rings. The molecule has 1 aliphatic heterocycles. The van der Waals surface area contributed by atoms with Crippen molar-refractivity contribution in [3.05, 3.63) is 107 Å². The lowest BCUT2D eigenvalue weighted by Gasteiger charge is -2.21. The number of carboxylic acid groups (broad SMARTS) is 1. The van der Waals surface area contributed by atoms with Gasteiger partial charge in [0.1, 0.15) is 0 Å². The first-order chi connectivity index (χ1) is 15.5. The van der Waals surface area contributed by atoms with E-state index in [4.69, 9.17) is 5.11 Å². The number of carbonyl (C=O) groups excluding carboxylic acids is 1. The van der Waals surface area contributed by atoms with Crippen molar-refractivity contribution in [2.45, 2.75) is 26.2 Å². The summed E-state index contributed by atoms with van der Waals surface area (Å²) in [5, 5.41) is 11.9. The highest BCUT2D eigenvalue weighted by molar-refractivity contribution is 6.00. The third-order valence-corrected chi connectivity index (χ3v) is 5.68. The number of nitrogens with one attached hydrogen (secondary N) is 1. The van der Waals surface area contributed by atoms with Gasteiger partial charge in [-0.15, -0.1) is 0 Å². The number of hydrogen-bond acceptors (Lipinski definition) is 2. The number of allylic oxidation sites excluding steroid dienone is 1. The van der Waals surface area contributed by atoms with Gasteiger partial charge in [-0.2, -0.15) is 0 Å². The fourth-order valence-corrected chi connectivity index (χ4v) is 4.15.